The van der Waals surface area contributed by atoms with Crippen molar-refractivity contribution in [3.8, 4) is 0 Å². The number of urea groups is 1. The maximum atomic E-state index is 11.1. The second kappa shape index (κ2) is 3.31. The van der Waals surface area contributed by atoms with Gasteiger partial charge in [-0.05, 0) is 5.56 Å². The van der Waals surface area contributed by atoms with Gasteiger partial charge < -0.3 is 16.4 Å². The monoisotopic (exact) mass is 191 g/mol. The maximum Gasteiger partial charge on any atom is 0.315 e. The molecule has 74 valence electrons. The van der Waals surface area contributed by atoms with Crippen molar-refractivity contribution >= 4 is 6.03 Å². The van der Waals surface area contributed by atoms with E-state index in [1.54, 1.807) is 0 Å². The van der Waals surface area contributed by atoms with Crippen molar-refractivity contribution in [2.24, 2.45) is 5.73 Å². The van der Waals surface area contributed by atoms with Crippen LogP contribution in [0.15, 0.2) is 30.3 Å². The summed E-state index contributed by atoms with van der Waals surface area (Å²) in [6.45, 7) is 0.947. The molecule has 0 aromatic heterocycles. The van der Waals surface area contributed by atoms with Gasteiger partial charge in [-0.1, -0.05) is 30.3 Å². The molecule has 4 heteroatoms. The SMILES string of the molecule is NCC1(c2ccccc2)CNC(=O)N1. The fourth-order valence-electron chi connectivity index (χ4n) is 1.71. The molecule has 4 N–H and O–H groups in total. The zero-order valence-corrected chi connectivity index (χ0v) is 7.79. The first kappa shape index (κ1) is 9.02. The van der Waals surface area contributed by atoms with Gasteiger partial charge in [-0.2, -0.15) is 0 Å². The molecule has 1 saturated heterocycles. The number of nitrogens with two attached hydrogens (primary N) is 1. The van der Waals surface area contributed by atoms with Gasteiger partial charge in [0.25, 0.3) is 0 Å². The predicted molar refractivity (Wildman–Crippen MR) is 53.7 cm³/mol. The summed E-state index contributed by atoms with van der Waals surface area (Å²) in [4.78, 5) is 11.1. The summed E-state index contributed by atoms with van der Waals surface area (Å²) in [6, 6.07) is 9.62. The number of nitrogens with one attached hydrogen (secondary N) is 2. The lowest BCUT2D eigenvalue weighted by Gasteiger charge is -2.26. The lowest BCUT2D eigenvalue weighted by atomic mass is 9.91. The summed E-state index contributed by atoms with van der Waals surface area (Å²) in [5.74, 6) is 0. The van der Waals surface area contributed by atoms with E-state index in [2.05, 4.69) is 10.6 Å². The second-order valence-electron chi connectivity index (χ2n) is 3.46. The molecule has 1 fully saturated rings. The molecular formula is C10H13N3O. The molecule has 4 nitrogen and oxygen atoms in total. The van der Waals surface area contributed by atoms with E-state index in [0.29, 0.717) is 13.1 Å². The van der Waals surface area contributed by atoms with E-state index in [4.69, 9.17) is 5.73 Å². The van der Waals surface area contributed by atoms with Crippen LogP contribution in [0, 0.1) is 0 Å². The molecule has 1 aromatic carbocycles. The molecular weight excluding hydrogens is 178 g/mol. The van der Waals surface area contributed by atoms with Crippen LogP contribution in [0.4, 0.5) is 4.79 Å². The number of benzene rings is 1. The summed E-state index contributed by atoms with van der Waals surface area (Å²) in [7, 11) is 0. The van der Waals surface area contributed by atoms with Gasteiger partial charge in [0.15, 0.2) is 0 Å². The van der Waals surface area contributed by atoms with Gasteiger partial charge in [0, 0.05) is 13.1 Å². The molecule has 0 saturated carbocycles. The molecule has 14 heavy (non-hydrogen) atoms. The molecule has 0 aliphatic carbocycles. The minimum Gasteiger partial charge on any atom is -0.335 e. The van der Waals surface area contributed by atoms with Crippen molar-refractivity contribution in [2.45, 2.75) is 5.54 Å². The fourth-order valence-corrected chi connectivity index (χ4v) is 1.71. The lowest BCUT2D eigenvalue weighted by Crippen LogP contribution is -2.46. The highest BCUT2D eigenvalue weighted by Gasteiger charge is 2.37. The number of carbonyl (C=O) groups excluding carboxylic acids is 1. The van der Waals surface area contributed by atoms with Crippen molar-refractivity contribution < 1.29 is 4.79 Å². The summed E-state index contributed by atoms with van der Waals surface area (Å²) in [5, 5.41) is 5.59. The summed E-state index contributed by atoms with van der Waals surface area (Å²) in [6.07, 6.45) is 0. The first-order valence-electron chi connectivity index (χ1n) is 4.58. The van der Waals surface area contributed by atoms with Crippen molar-refractivity contribution in [1.29, 1.82) is 0 Å². The van der Waals surface area contributed by atoms with E-state index in [1.807, 2.05) is 30.3 Å². The Morgan fingerprint density at radius 2 is 2.07 bits per heavy atom. The number of hydrogen-bond acceptors (Lipinski definition) is 2. The van der Waals surface area contributed by atoms with E-state index in [-0.39, 0.29) is 6.03 Å². The van der Waals surface area contributed by atoms with Crippen molar-refractivity contribution in [2.75, 3.05) is 13.1 Å². The average molecular weight is 191 g/mol. The summed E-state index contributed by atoms with van der Waals surface area (Å²) in [5.41, 5.74) is 6.32. The number of rotatable bonds is 2. The van der Waals surface area contributed by atoms with Crippen LogP contribution in [-0.4, -0.2) is 19.1 Å². The molecule has 1 atom stereocenters. The Morgan fingerprint density at radius 3 is 2.57 bits per heavy atom. The maximum absolute atomic E-state index is 11.1. The number of carbonyl (C=O) groups is 1. The van der Waals surface area contributed by atoms with E-state index in [9.17, 15) is 4.79 Å². The third-order valence-corrected chi connectivity index (χ3v) is 2.58. The largest absolute Gasteiger partial charge is 0.335 e. The Labute approximate surface area is 82.5 Å². The van der Waals surface area contributed by atoms with Gasteiger partial charge in [-0.25, -0.2) is 4.79 Å². The molecule has 1 aliphatic heterocycles. The standard InChI is InChI=1S/C10H13N3O/c11-6-10(7-12-9(14)13-10)8-4-2-1-3-5-8/h1-5H,6-7,11H2,(H2,12,13,14). The minimum absolute atomic E-state index is 0.153. The van der Waals surface area contributed by atoms with Crippen LogP contribution in [0.3, 0.4) is 0 Å². The first-order chi connectivity index (χ1) is 6.77. The van der Waals surface area contributed by atoms with Crippen LogP contribution in [0.5, 0.6) is 0 Å². The second-order valence-corrected chi connectivity index (χ2v) is 3.46. The van der Waals surface area contributed by atoms with Crippen LogP contribution in [0.25, 0.3) is 0 Å². The highest BCUT2D eigenvalue weighted by molar-refractivity contribution is 5.78. The molecule has 1 heterocycles. The third kappa shape index (κ3) is 1.33. The molecule has 1 aliphatic rings. The Hall–Kier alpha value is -1.55. The van der Waals surface area contributed by atoms with Gasteiger partial charge in [-0.15, -0.1) is 0 Å². The fraction of sp³-hybridized carbons (Fsp3) is 0.300. The molecule has 0 radical (unpaired) electrons. The van der Waals surface area contributed by atoms with Crippen LogP contribution >= 0.6 is 0 Å². The molecule has 0 bridgehead atoms. The topological polar surface area (TPSA) is 67.1 Å². The van der Waals surface area contributed by atoms with E-state index < -0.39 is 5.54 Å². The quantitative estimate of drug-likeness (QED) is 0.623. The van der Waals surface area contributed by atoms with Gasteiger partial charge >= 0.3 is 6.03 Å². The van der Waals surface area contributed by atoms with Crippen molar-refractivity contribution in [1.82, 2.24) is 10.6 Å². The van der Waals surface area contributed by atoms with Crippen LogP contribution < -0.4 is 16.4 Å². The Balaban J connectivity index is 2.34. The third-order valence-electron chi connectivity index (χ3n) is 2.58. The van der Waals surface area contributed by atoms with Gasteiger partial charge in [0.05, 0.1) is 5.54 Å². The molecule has 2 amide bonds. The lowest BCUT2D eigenvalue weighted by molar-refractivity contribution is 0.244. The average Bonchev–Trinajstić information content (AvgIpc) is 2.63. The van der Waals surface area contributed by atoms with E-state index in [0.717, 1.165) is 5.56 Å². The summed E-state index contributed by atoms with van der Waals surface area (Å²) >= 11 is 0. The number of amides is 2. The Morgan fingerprint density at radius 1 is 1.36 bits per heavy atom. The predicted octanol–water partition coefficient (Wildman–Crippen LogP) is 0.153. The van der Waals surface area contributed by atoms with Crippen LogP contribution in [0.1, 0.15) is 5.56 Å². The number of hydrogen-bond donors (Lipinski definition) is 3. The van der Waals surface area contributed by atoms with E-state index >= 15 is 0 Å². The molecule has 2 rings (SSSR count). The Bertz CT molecular complexity index is 338. The highest BCUT2D eigenvalue weighted by atomic mass is 16.2. The van der Waals surface area contributed by atoms with E-state index in [1.165, 1.54) is 0 Å². The van der Waals surface area contributed by atoms with Gasteiger partial charge in [-0.3, -0.25) is 0 Å². The molecule has 1 unspecified atom stereocenters. The Kier molecular flexibility index (Phi) is 2.13. The van der Waals surface area contributed by atoms with Crippen LogP contribution in [-0.2, 0) is 5.54 Å². The summed E-state index contributed by atoms with van der Waals surface area (Å²) < 4.78 is 0. The first-order valence-corrected chi connectivity index (χ1v) is 4.58. The van der Waals surface area contributed by atoms with Gasteiger partial charge in [0.2, 0.25) is 0 Å². The normalized spacial score (nSPS) is 25.6. The zero-order valence-electron chi connectivity index (χ0n) is 7.79. The van der Waals surface area contributed by atoms with Crippen molar-refractivity contribution in [3.63, 3.8) is 0 Å². The minimum atomic E-state index is -0.432. The van der Waals surface area contributed by atoms with Crippen molar-refractivity contribution in [3.05, 3.63) is 35.9 Å². The highest BCUT2D eigenvalue weighted by Crippen LogP contribution is 2.21. The van der Waals surface area contributed by atoms with Gasteiger partial charge in [0.1, 0.15) is 0 Å². The zero-order chi connectivity index (χ0) is 10.0. The molecule has 1 aromatic rings. The smallest absolute Gasteiger partial charge is 0.315 e. The molecule has 0 spiro atoms. The van der Waals surface area contributed by atoms with Crippen LogP contribution in [0.2, 0.25) is 0 Å².